The summed E-state index contributed by atoms with van der Waals surface area (Å²) < 4.78 is 0. The molecular formula is C49H31N5. The van der Waals surface area contributed by atoms with Gasteiger partial charge in [0.15, 0.2) is 17.5 Å². The second kappa shape index (κ2) is 13.3. The maximum Gasteiger partial charge on any atom is 0.164 e. The molecule has 54 heavy (non-hydrogen) atoms. The fourth-order valence-corrected chi connectivity index (χ4v) is 7.67. The number of hydrogen-bond donors (Lipinski definition) is 0. The molecule has 0 bridgehead atoms. The average molecular weight is 690 g/mol. The summed E-state index contributed by atoms with van der Waals surface area (Å²) >= 11 is 0. The van der Waals surface area contributed by atoms with E-state index in [1.54, 1.807) is 24.8 Å². The Balaban J connectivity index is 1.15. The van der Waals surface area contributed by atoms with Gasteiger partial charge >= 0.3 is 0 Å². The minimum absolute atomic E-state index is 0.583. The van der Waals surface area contributed by atoms with Crippen LogP contribution in [0.4, 0.5) is 0 Å². The fraction of sp³-hybridized carbons (Fsp3) is 0. The third-order valence-corrected chi connectivity index (χ3v) is 10.2. The highest BCUT2D eigenvalue weighted by Gasteiger charge is 2.19. The normalized spacial score (nSPS) is 11.3. The van der Waals surface area contributed by atoms with E-state index in [2.05, 4.69) is 143 Å². The Hall–Kier alpha value is -7.37. The lowest BCUT2D eigenvalue weighted by molar-refractivity contribution is 1.07. The van der Waals surface area contributed by atoms with Crippen LogP contribution in [-0.2, 0) is 0 Å². The molecule has 0 fully saturated rings. The predicted octanol–water partition coefficient (Wildman–Crippen LogP) is 12.1. The molecule has 3 aromatic heterocycles. The third kappa shape index (κ3) is 5.47. The third-order valence-electron chi connectivity index (χ3n) is 10.2. The molecule has 0 atom stereocenters. The summed E-state index contributed by atoms with van der Waals surface area (Å²) in [5.74, 6) is 1.76. The van der Waals surface area contributed by atoms with Crippen LogP contribution in [0.1, 0.15) is 0 Å². The molecule has 0 amide bonds. The molecule has 10 rings (SSSR count). The first-order chi connectivity index (χ1) is 26.8. The average Bonchev–Trinajstić information content (AvgIpc) is 3.27. The Morgan fingerprint density at radius 1 is 0.241 bits per heavy atom. The maximum atomic E-state index is 5.06. The lowest BCUT2D eigenvalue weighted by Crippen LogP contribution is -2.01. The van der Waals surface area contributed by atoms with Crippen molar-refractivity contribution < 1.29 is 0 Å². The highest BCUT2D eigenvalue weighted by Crippen LogP contribution is 2.43. The van der Waals surface area contributed by atoms with Crippen molar-refractivity contribution in [1.29, 1.82) is 0 Å². The molecule has 0 aliphatic rings. The molecule has 0 unspecified atom stereocenters. The van der Waals surface area contributed by atoms with Crippen LogP contribution >= 0.6 is 0 Å². The monoisotopic (exact) mass is 689 g/mol. The Labute approximate surface area is 312 Å². The quantitative estimate of drug-likeness (QED) is 0.163. The first-order valence-electron chi connectivity index (χ1n) is 18.0. The molecule has 0 saturated heterocycles. The number of pyridine rings is 2. The number of fused-ring (bicyclic) bond motifs is 6. The van der Waals surface area contributed by atoms with Crippen molar-refractivity contribution >= 4 is 32.3 Å². The first kappa shape index (κ1) is 31.4. The topological polar surface area (TPSA) is 64.5 Å². The lowest BCUT2D eigenvalue weighted by Gasteiger charge is -2.18. The molecule has 252 valence electrons. The number of benzene rings is 7. The van der Waals surface area contributed by atoms with Crippen molar-refractivity contribution in [1.82, 2.24) is 24.9 Å². The van der Waals surface area contributed by atoms with Crippen LogP contribution in [0.25, 0.3) is 99.9 Å². The summed E-state index contributed by atoms with van der Waals surface area (Å²) in [4.78, 5) is 23.4. The highest BCUT2D eigenvalue weighted by molar-refractivity contribution is 6.25. The summed E-state index contributed by atoms with van der Waals surface area (Å²) in [7, 11) is 0. The summed E-state index contributed by atoms with van der Waals surface area (Å²) in [6.07, 6.45) is 7.03. The SMILES string of the molecule is c1ccc(-c2ccccc2-c2ccccc2-c2nc(-c3ccncc3)nc(-c3ccncc3)n2)c(-c2ccc3c4ccccc4c4ccccc4c3c2)c1. The van der Waals surface area contributed by atoms with Crippen molar-refractivity contribution in [2.75, 3.05) is 0 Å². The van der Waals surface area contributed by atoms with E-state index in [1.807, 2.05) is 30.3 Å². The number of hydrogen-bond acceptors (Lipinski definition) is 5. The van der Waals surface area contributed by atoms with Crippen molar-refractivity contribution in [2.45, 2.75) is 0 Å². The molecule has 0 aliphatic heterocycles. The van der Waals surface area contributed by atoms with Gasteiger partial charge < -0.3 is 0 Å². The molecule has 10 aromatic rings. The summed E-state index contributed by atoms with van der Waals surface area (Å²) in [6.45, 7) is 0. The standard InChI is InChI=1S/C49H31N5/c1-2-12-36(35(11-1)34-21-22-44-41-17-6-4-14-38(41)40-16-7-8-19-43(40)46(44)31-34)37-13-3-5-15-39(37)42-18-9-10-20-45(42)49-53-47(32-23-27-50-28-24-32)52-48(54-49)33-25-29-51-30-26-33/h1-31H. The van der Waals surface area contributed by atoms with Crippen LogP contribution in [0.2, 0.25) is 0 Å². The van der Waals surface area contributed by atoms with E-state index in [9.17, 15) is 0 Å². The van der Waals surface area contributed by atoms with E-state index >= 15 is 0 Å². The van der Waals surface area contributed by atoms with Gasteiger partial charge in [-0.05, 0) is 96.0 Å². The molecule has 0 aliphatic carbocycles. The molecule has 0 radical (unpaired) electrons. The van der Waals surface area contributed by atoms with Gasteiger partial charge in [0.05, 0.1) is 0 Å². The summed E-state index contributed by atoms with van der Waals surface area (Å²) in [6, 6.07) is 57.8. The summed E-state index contributed by atoms with van der Waals surface area (Å²) in [5.41, 5.74) is 9.39. The lowest BCUT2D eigenvalue weighted by atomic mass is 9.86. The molecule has 0 saturated carbocycles. The number of aromatic nitrogens is 5. The van der Waals surface area contributed by atoms with Crippen molar-refractivity contribution in [3.05, 3.63) is 189 Å². The van der Waals surface area contributed by atoms with E-state index in [-0.39, 0.29) is 0 Å². The second-order valence-corrected chi connectivity index (χ2v) is 13.3. The van der Waals surface area contributed by atoms with E-state index in [4.69, 9.17) is 15.0 Å². The fourth-order valence-electron chi connectivity index (χ4n) is 7.67. The molecule has 5 nitrogen and oxygen atoms in total. The van der Waals surface area contributed by atoms with Gasteiger partial charge in [-0.2, -0.15) is 0 Å². The van der Waals surface area contributed by atoms with Crippen LogP contribution < -0.4 is 0 Å². The van der Waals surface area contributed by atoms with Crippen LogP contribution in [0, 0.1) is 0 Å². The Morgan fingerprint density at radius 2 is 0.593 bits per heavy atom. The number of nitrogens with zero attached hydrogens (tertiary/aromatic N) is 5. The van der Waals surface area contributed by atoms with Crippen molar-refractivity contribution in [3.8, 4) is 67.5 Å². The van der Waals surface area contributed by atoms with Crippen molar-refractivity contribution in [3.63, 3.8) is 0 Å². The van der Waals surface area contributed by atoms with Crippen molar-refractivity contribution in [2.24, 2.45) is 0 Å². The van der Waals surface area contributed by atoms with Gasteiger partial charge in [-0.15, -0.1) is 0 Å². The van der Waals surface area contributed by atoms with Gasteiger partial charge in [0.1, 0.15) is 0 Å². The molecule has 0 spiro atoms. The Morgan fingerprint density at radius 3 is 1.09 bits per heavy atom. The molecule has 7 aromatic carbocycles. The maximum absolute atomic E-state index is 5.06. The zero-order chi connectivity index (χ0) is 35.8. The summed E-state index contributed by atoms with van der Waals surface area (Å²) in [5, 5.41) is 7.58. The minimum atomic E-state index is 0.583. The molecule has 0 N–H and O–H groups in total. The predicted molar refractivity (Wildman–Crippen MR) is 221 cm³/mol. The van der Waals surface area contributed by atoms with E-state index in [0.29, 0.717) is 17.5 Å². The van der Waals surface area contributed by atoms with Gasteiger partial charge in [0, 0.05) is 41.5 Å². The van der Waals surface area contributed by atoms with E-state index in [0.717, 1.165) is 38.9 Å². The van der Waals surface area contributed by atoms with Gasteiger partial charge in [-0.25, -0.2) is 15.0 Å². The highest BCUT2D eigenvalue weighted by atomic mass is 15.0. The van der Waals surface area contributed by atoms with E-state index in [1.165, 1.54) is 43.4 Å². The van der Waals surface area contributed by atoms with Gasteiger partial charge in [-0.1, -0.05) is 133 Å². The van der Waals surface area contributed by atoms with Crippen LogP contribution in [0.15, 0.2) is 189 Å². The first-order valence-corrected chi connectivity index (χ1v) is 18.0. The van der Waals surface area contributed by atoms with Gasteiger partial charge in [0.25, 0.3) is 0 Å². The Kier molecular flexibility index (Phi) is 7.73. The Bertz CT molecular complexity index is 2900. The largest absolute Gasteiger partial charge is 0.265 e. The molecule has 3 heterocycles. The molecule has 5 heteroatoms. The molecular weight excluding hydrogens is 659 g/mol. The minimum Gasteiger partial charge on any atom is -0.265 e. The number of rotatable bonds is 6. The van der Waals surface area contributed by atoms with E-state index < -0.39 is 0 Å². The van der Waals surface area contributed by atoms with Crippen LogP contribution in [0.3, 0.4) is 0 Å². The van der Waals surface area contributed by atoms with Crippen LogP contribution in [-0.4, -0.2) is 24.9 Å². The zero-order valence-corrected chi connectivity index (χ0v) is 29.1. The van der Waals surface area contributed by atoms with Gasteiger partial charge in [0.2, 0.25) is 0 Å². The van der Waals surface area contributed by atoms with Crippen LogP contribution in [0.5, 0.6) is 0 Å². The zero-order valence-electron chi connectivity index (χ0n) is 29.1. The second-order valence-electron chi connectivity index (χ2n) is 13.3. The van der Waals surface area contributed by atoms with Gasteiger partial charge in [-0.3, -0.25) is 9.97 Å². The smallest absolute Gasteiger partial charge is 0.164 e.